The molecule has 7 nitrogen and oxygen atoms in total. The molecule has 0 atom stereocenters. The van der Waals surface area contributed by atoms with Crippen molar-refractivity contribution in [3.8, 4) is 11.1 Å². The molecular weight excluding hydrogens is 270 g/mol. The van der Waals surface area contributed by atoms with Gasteiger partial charge < -0.3 is 5.73 Å². The van der Waals surface area contributed by atoms with Crippen molar-refractivity contribution in [1.29, 1.82) is 0 Å². The predicted octanol–water partition coefficient (Wildman–Crippen LogP) is 1.78. The fraction of sp³-hybridized carbons (Fsp3) is 0. The van der Waals surface area contributed by atoms with Gasteiger partial charge in [-0.15, -0.1) is 5.10 Å². The lowest BCUT2D eigenvalue weighted by atomic mass is 10.0. The van der Waals surface area contributed by atoms with Crippen molar-refractivity contribution in [1.82, 2.24) is 5.43 Å². The van der Waals surface area contributed by atoms with E-state index >= 15 is 0 Å². The van der Waals surface area contributed by atoms with Crippen LogP contribution in [0.4, 0.5) is 0 Å². The second-order valence-electron chi connectivity index (χ2n) is 4.09. The van der Waals surface area contributed by atoms with E-state index in [1.807, 2.05) is 54.6 Å². The maximum Gasteiger partial charge on any atom is 0.275 e. The summed E-state index contributed by atoms with van der Waals surface area (Å²) in [5, 5.41) is 16.4. The highest BCUT2D eigenvalue weighted by atomic mass is 16.7. The van der Waals surface area contributed by atoms with Crippen molar-refractivity contribution >= 4 is 12.2 Å². The predicted molar refractivity (Wildman–Crippen MR) is 81.2 cm³/mol. The van der Waals surface area contributed by atoms with Crippen LogP contribution >= 0.6 is 0 Å². The molecule has 0 saturated carbocycles. The normalized spacial score (nSPS) is 11.5. The van der Waals surface area contributed by atoms with E-state index in [2.05, 4.69) is 10.2 Å². The lowest BCUT2D eigenvalue weighted by Crippen LogP contribution is -2.35. The van der Waals surface area contributed by atoms with Gasteiger partial charge in [0.15, 0.2) is 5.03 Å². The Labute approximate surface area is 120 Å². The maximum atomic E-state index is 10.1. The van der Waals surface area contributed by atoms with E-state index in [4.69, 9.17) is 5.73 Å². The van der Waals surface area contributed by atoms with Gasteiger partial charge in [0, 0.05) is 0 Å². The third kappa shape index (κ3) is 4.43. The quantitative estimate of drug-likeness (QED) is 0.386. The van der Waals surface area contributed by atoms with Crippen LogP contribution in [-0.4, -0.2) is 17.2 Å². The van der Waals surface area contributed by atoms with E-state index in [1.165, 1.54) is 6.21 Å². The zero-order chi connectivity index (χ0) is 15.1. The van der Waals surface area contributed by atoms with E-state index in [0.717, 1.165) is 16.7 Å². The first kappa shape index (κ1) is 14.2. The molecule has 0 heterocycles. The van der Waals surface area contributed by atoms with Gasteiger partial charge in [0.1, 0.15) is 0 Å². The number of hydrogen-bond acceptors (Lipinski definition) is 4. The number of nitrogens with zero attached hydrogens (tertiary/aromatic N) is 3. The number of nitrogens with one attached hydrogen (secondary N) is 1. The molecule has 0 aliphatic heterocycles. The highest BCUT2D eigenvalue weighted by Gasteiger charge is 1.98. The molecule has 0 aromatic heterocycles. The molecule has 0 aliphatic carbocycles. The van der Waals surface area contributed by atoms with Crippen molar-refractivity contribution in [2.24, 2.45) is 15.9 Å². The SMILES string of the molecule is N/C(=N\N=Cc1ccc(-c2ccccc2)cc1)N[N+](=O)[O-]. The number of benzene rings is 2. The Bertz CT molecular complexity index is 666. The molecule has 2 rings (SSSR count). The Morgan fingerprint density at radius 3 is 2.33 bits per heavy atom. The van der Waals surface area contributed by atoms with Crippen LogP contribution in [0.25, 0.3) is 11.1 Å². The fourth-order valence-electron chi connectivity index (χ4n) is 1.67. The summed E-state index contributed by atoms with van der Waals surface area (Å²) in [4.78, 5) is 10.1. The summed E-state index contributed by atoms with van der Waals surface area (Å²) < 4.78 is 0. The fourth-order valence-corrected chi connectivity index (χ4v) is 1.67. The first-order chi connectivity index (χ1) is 10.1. The van der Waals surface area contributed by atoms with E-state index in [1.54, 1.807) is 5.43 Å². The lowest BCUT2D eigenvalue weighted by molar-refractivity contribution is -0.525. The van der Waals surface area contributed by atoms with Gasteiger partial charge in [-0.3, -0.25) is 0 Å². The summed E-state index contributed by atoms with van der Waals surface area (Å²) in [5.74, 6) is -0.378. The highest BCUT2D eigenvalue weighted by Crippen LogP contribution is 2.18. The molecule has 0 aliphatic rings. The Balaban J connectivity index is 2.05. The molecule has 0 spiro atoms. The number of hydrogen-bond donors (Lipinski definition) is 2. The average Bonchev–Trinajstić information content (AvgIpc) is 2.48. The summed E-state index contributed by atoms with van der Waals surface area (Å²) in [6, 6.07) is 17.6. The minimum Gasteiger partial charge on any atom is -0.364 e. The summed E-state index contributed by atoms with van der Waals surface area (Å²) in [7, 11) is 0. The van der Waals surface area contributed by atoms with Crippen molar-refractivity contribution in [2.75, 3.05) is 0 Å². The molecule has 0 bridgehead atoms. The number of nitrogens with two attached hydrogens (primary N) is 1. The molecule has 0 fully saturated rings. The molecule has 21 heavy (non-hydrogen) atoms. The van der Waals surface area contributed by atoms with Gasteiger partial charge in [-0.2, -0.15) is 5.10 Å². The van der Waals surface area contributed by atoms with Crippen LogP contribution in [0.15, 0.2) is 64.8 Å². The first-order valence-electron chi connectivity index (χ1n) is 6.08. The zero-order valence-corrected chi connectivity index (χ0v) is 11.0. The molecule has 3 N–H and O–H groups in total. The number of rotatable bonds is 4. The van der Waals surface area contributed by atoms with Crippen LogP contribution in [0.5, 0.6) is 0 Å². The van der Waals surface area contributed by atoms with E-state index in [0.29, 0.717) is 0 Å². The van der Waals surface area contributed by atoms with Crippen LogP contribution in [0.1, 0.15) is 5.56 Å². The second-order valence-corrected chi connectivity index (χ2v) is 4.09. The largest absolute Gasteiger partial charge is 0.364 e. The van der Waals surface area contributed by atoms with Crippen molar-refractivity contribution < 1.29 is 5.03 Å². The topological polar surface area (TPSA) is 106 Å². The molecule has 0 saturated heterocycles. The van der Waals surface area contributed by atoms with Crippen molar-refractivity contribution in [3.63, 3.8) is 0 Å². The third-order valence-electron chi connectivity index (χ3n) is 2.60. The first-order valence-corrected chi connectivity index (χ1v) is 6.08. The van der Waals surface area contributed by atoms with Gasteiger partial charge in [0.05, 0.1) is 6.21 Å². The van der Waals surface area contributed by atoms with E-state index in [9.17, 15) is 10.1 Å². The van der Waals surface area contributed by atoms with Gasteiger partial charge >= 0.3 is 0 Å². The number of hydrazine groups is 1. The monoisotopic (exact) mass is 283 g/mol. The molecular formula is C14H13N5O2. The Hall–Kier alpha value is -3.22. The Morgan fingerprint density at radius 1 is 1.10 bits per heavy atom. The molecule has 2 aromatic rings. The minimum atomic E-state index is -0.803. The smallest absolute Gasteiger partial charge is 0.275 e. The molecule has 106 valence electrons. The molecule has 2 aromatic carbocycles. The lowest BCUT2D eigenvalue weighted by Gasteiger charge is -2.01. The third-order valence-corrected chi connectivity index (χ3v) is 2.60. The average molecular weight is 283 g/mol. The second kappa shape index (κ2) is 6.80. The van der Waals surface area contributed by atoms with E-state index < -0.39 is 5.03 Å². The standard InChI is InChI=1S/C14H13N5O2/c15-14(18-19(20)21)17-16-10-11-6-8-13(9-7-11)12-4-2-1-3-5-12/h1-10H,(H3,15,17,18). The van der Waals surface area contributed by atoms with Gasteiger partial charge in [-0.1, -0.05) is 60.0 Å². The Morgan fingerprint density at radius 2 is 1.71 bits per heavy atom. The van der Waals surface area contributed by atoms with Crippen LogP contribution in [0, 0.1) is 10.1 Å². The van der Waals surface area contributed by atoms with E-state index in [-0.39, 0.29) is 5.96 Å². The zero-order valence-electron chi connectivity index (χ0n) is 11.0. The summed E-state index contributed by atoms with van der Waals surface area (Å²) in [6.07, 6.45) is 1.46. The van der Waals surface area contributed by atoms with Crippen molar-refractivity contribution in [2.45, 2.75) is 0 Å². The molecule has 0 unspecified atom stereocenters. The minimum absolute atomic E-state index is 0.378. The summed E-state index contributed by atoms with van der Waals surface area (Å²) >= 11 is 0. The molecule has 7 heteroatoms. The summed E-state index contributed by atoms with van der Waals surface area (Å²) in [6.45, 7) is 0. The number of guanidine groups is 1. The van der Waals surface area contributed by atoms with Crippen LogP contribution < -0.4 is 11.2 Å². The maximum absolute atomic E-state index is 10.1. The highest BCUT2D eigenvalue weighted by molar-refractivity contribution is 5.82. The molecule has 0 amide bonds. The van der Waals surface area contributed by atoms with Gasteiger partial charge in [-0.25, -0.2) is 10.1 Å². The van der Waals surface area contributed by atoms with Crippen LogP contribution in [0.3, 0.4) is 0 Å². The van der Waals surface area contributed by atoms with Crippen LogP contribution in [0.2, 0.25) is 0 Å². The Kier molecular flexibility index (Phi) is 4.60. The van der Waals surface area contributed by atoms with Crippen molar-refractivity contribution in [3.05, 3.63) is 70.3 Å². The van der Waals surface area contributed by atoms with Gasteiger partial charge in [0.25, 0.3) is 5.96 Å². The summed E-state index contributed by atoms with van der Waals surface area (Å²) in [5.41, 5.74) is 9.94. The number of nitro groups is 1. The van der Waals surface area contributed by atoms with Gasteiger partial charge in [-0.05, 0) is 16.7 Å². The molecule has 0 radical (unpaired) electrons. The van der Waals surface area contributed by atoms with Gasteiger partial charge in [0.2, 0.25) is 0 Å². The van der Waals surface area contributed by atoms with Crippen LogP contribution in [-0.2, 0) is 0 Å².